The van der Waals surface area contributed by atoms with E-state index in [4.69, 9.17) is 18.9 Å². The van der Waals surface area contributed by atoms with Gasteiger partial charge in [-0.2, -0.15) is 5.10 Å². The van der Waals surface area contributed by atoms with Crippen molar-refractivity contribution in [2.24, 2.45) is 5.10 Å². The van der Waals surface area contributed by atoms with Gasteiger partial charge < -0.3 is 23.9 Å². The number of hydrogen-bond acceptors (Lipinski definition) is 6. The van der Waals surface area contributed by atoms with Crippen LogP contribution >= 0.6 is 0 Å². The molecule has 0 aliphatic heterocycles. The van der Waals surface area contributed by atoms with Crippen LogP contribution in [0.15, 0.2) is 41.5 Å². The Morgan fingerprint density at radius 1 is 0.964 bits per heavy atom. The molecule has 0 atom stereocenters. The first-order chi connectivity index (χ1) is 13.6. The van der Waals surface area contributed by atoms with Gasteiger partial charge in [0, 0.05) is 22.5 Å². The number of aromatic nitrogens is 1. The summed E-state index contributed by atoms with van der Waals surface area (Å²) in [7, 11) is 6.18. The molecular weight excluding hydrogens is 362 g/mol. The minimum absolute atomic E-state index is 0.370. The smallest absolute Gasteiger partial charge is 0.287 e. The third-order valence-electron chi connectivity index (χ3n) is 4.18. The van der Waals surface area contributed by atoms with Crippen LogP contribution in [0.1, 0.15) is 16.1 Å². The highest BCUT2D eigenvalue weighted by molar-refractivity contribution is 5.98. The molecule has 2 aromatic carbocycles. The van der Waals surface area contributed by atoms with E-state index in [2.05, 4.69) is 15.5 Å². The van der Waals surface area contributed by atoms with E-state index >= 15 is 0 Å². The van der Waals surface area contributed by atoms with E-state index < -0.39 is 0 Å². The lowest BCUT2D eigenvalue weighted by Crippen LogP contribution is -2.18. The summed E-state index contributed by atoms with van der Waals surface area (Å²) in [6, 6.07) is 10.8. The number of hydrazone groups is 1. The molecule has 0 fully saturated rings. The van der Waals surface area contributed by atoms with Crippen molar-refractivity contribution in [2.75, 3.05) is 28.4 Å². The first-order valence-electron chi connectivity index (χ1n) is 8.40. The van der Waals surface area contributed by atoms with Gasteiger partial charge in [-0.3, -0.25) is 4.79 Å². The lowest BCUT2D eigenvalue weighted by molar-refractivity contribution is 0.0951. The Labute approximate surface area is 162 Å². The quantitative estimate of drug-likeness (QED) is 0.483. The lowest BCUT2D eigenvalue weighted by atomic mass is 10.2. The average Bonchev–Trinajstić information content (AvgIpc) is 3.16. The molecule has 0 saturated heterocycles. The molecular formula is C20H21N3O5. The molecule has 0 unspecified atom stereocenters. The van der Waals surface area contributed by atoms with Crippen LogP contribution in [0.3, 0.4) is 0 Å². The van der Waals surface area contributed by atoms with Crippen molar-refractivity contribution in [3.63, 3.8) is 0 Å². The van der Waals surface area contributed by atoms with Crippen LogP contribution in [0.5, 0.6) is 23.0 Å². The second kappa shape index (κ2) is 8.34. The Morgan fingerprint density at radius 2 is 1.75 bits per heavy atom. The van der Waals surface area contributed by atoms with E-state index in [-0.39, 0.29) is 5.91 Å². The maximum absolute atomic E-state index is 12.4. The molecule has 28 heavy (non-hydrogen) atoms. The van der Waals surface area contributed by atoms with Gasteiger partial charge >= 0.3 is 0 Å². The Bertz CT molecular complexity index is 1030. The monoisotopic (exact) mass is 383 g/mol. The molecule has 0 saturated carbocycles. The van der Waals surface area contributed by atoms with Gasteiger partial charge in [0.15, 0.2) is 11.5 Å². The number of H-pyrrole nitrogens is 1. The molecule has 0 aliphatic rings. The molecule has 8 nitrogen and oxygen atoms in total. The molecule has 1 amide bonds. The highest BCUT2D eigenvalue weighted by Gasteiger charge is 2.15. The first-order valence-corrected chi connectivity index (χ1v) is 8.40. The molecule has 0 spiro atoms. The van der Waals surface area contributed by atoms with Gasteiger partial charge in [0.25, 0.3) is 5.91 Å². The number of ether oxygens (including phenoxy) is 4. The highest BCUT2D eigenvalue weighted by atomic mass is 16.5. The van der Waals surface area contributed by atoms with E-state index in [1.54, 1.807) is 32.4 Å². The number of amides is 1. The van der Waals surface area contributed by atoms with Gasteiger partial charge in [-0.05, 0) is 30.3 Å². The average molecular weight is 383 g/mol. The van der Waals surface area contributed by atoms with Crippen molar-refractivity contribution in [2.45, 2.75) is 0 Å². The number of carbonyl (C=O) groups is 1. The van der Waals surface area contributed by atoms with Crippen LogP contribution in [0.2, 0.25) is 0 Å². The fourth-order valence-electron chi connectivity index (χ4n) is 2.80. The van der Waals surface area contributed by atoms with Crippen LogP contribution < -0.4 is 24.4 Å². The highest BCUT2D eigenvalue weighted by Crippen LogP contribution is 2.38. The zero-order chi connectivity index (χ0) is 20.1. The second-order valence-electron chi connectivity index (χ2n) is 5.76. The molecule has 0 aliphatic carbocycles. The van der Waals surface area contributed by atoms with E-state index in [9.17, 15) is 4.79 Å². The SMILES string of the molecule is COc1ccc2cc(C(=O)NN=Cc3ccc(OC)c(OC)c3OC)[nH]c2c1. The van der Waals surface area contributed by atoms with Crippen molar-refractivity contribution < 1.29 is 23.7 Å². The van der Waals surface area contributed by atoms with Crippen LogP contribution in [-0.2, 0) is 0 Å². The van der Waals surface area contributed by atoms with E-state index in [1.807, 2.05) is 18.2 Å². The third kappa shape index (κ3) is 3.71. The topological polar surface area (TPSA) is 94.2 Å². The standard InChI is InChI=1S/C20H21N3O5/c1-25-14-7-5-12-9-16(22-15(12)10-14)20(24)23-21-11-13-6-8-17(26-2)19(28-4)18(13)27-3/h5-11,22H,1-4H3,(H,23,24). The third-order valence-corrected chi connectivity index (χ3v) is 4.18. The fraction of sp³-hybridized carbons (Fsp3) is 0.200. The molecule has 8 heteroatoms. The molecule has 0 bridgehead atoms. The van der Waals surface area contributed by atoms with Crippen molar-refractivity contribution in [3.05, 3.63) is 47.7 Å². The Kier molecular flexibility index (Phi) is 5.69. The largest absolute Gasteiger partial charge is 0.497 e. The number of fused-ring (bicyclic) bond motifs is 1. The number of rotatable bonds is 7. The molecule has 146 valence electrons. The van der Waals surface area contributed by atoms with Crippen LogP contribution in [0.25, 0.3) is 10.9 Å². The fourth-order valence-corrected chi connectivity index (χ4v) is 2.80. The number of aromatic amines is 1. The maximum Gasteiger partial charge on any atom is 0.287 e. The summed E-state index contributed by atoms with van der Waals surface area (Å²) in [5, 5.41) is 4.92. The molecule has 3 aromatic rings. The van der Waals surface area contributed by atoms with Gasteiger partial charge in [-0.15, -0.1) is 0 Å². The van der Waals surface area contributed by atoms with Gasteiger partial charge in [0.1, 0.15) is 11.4 Å². The summed E-state index contributed by atoms with van der Waals surface area (Å²) in [5.74, 6) is 1.78. The minimum Gasteiger partial charge on any atom is -0.497 e. The van der Waals surface area contributed by atoms with E-state index in [0.29, 0.717) is 34.3 Å². The summed E-state index contributed by atoms with van der Waals surface area (Å²) in [4.78, 5) is 15.4. The van der Waals surface area contributed by atoms with Crippen molar-refractivity contribution >= 4 is 23.0 Å². The zero-order valence-corrected chi connectivity index (χ0v) is 16.0. The van der Waals surface area contributed by atoms with Crippen LogP contribution in [0.4, 0.5) is 0 Å². The second-order valence-corrected chi connectivity index (χ2v) is 5.76. The molecule has 1 aromatic heterocycles. The number of nitrogens with zero attached hydrogens (tertiary/aromatic N) is 1. The number of methoxy groups -OCH3 is 4. The Morgan fingerprint density at radius 3 is 2.43 bits per heavy atom. The predicted octanol–water partition coefficient (Wildman–Crippen LogP) is 2.97. The number of hydrogen-bond donors (Lipinski definition) is 2. The molecule has 3 rings (SSSR count). The first kappa shape index (κ1) is 19.1. The van der Waals surface area contributed by atoms with Crippen molar-refractivity contribution in [1.82, 2.24) is 10.4 Å². The van der Waals surface area contributed by atoms with Crippen LogP contribution in [0, 0.1) is 0 Å². The van der Waals surface area contributed by atoms with E-state index in [0.717, 1.165) is 10.9 Å². The molecule has 1 heterocycles. The van der Waals surface area contributed by atoms with Gasteiger partial charge in [-0.1, -0.05) is 0 Å². The summed E-state index contributed by atoms with van der Waals surface area (Å²) < 4.78 is 21.2. The van der Waals surface area contributed by atoms with Gasteiger partial charge in [0.2, 0.25) is 5.75 Å². The zero-order valence-electron chi connectivity index (χ0n) is 16.0. The molecule has 0 radical (unpaired) electrons. The number of nitrogens with one attached hydrogen (secondary N) is 2. The molecule has 2 N–H and O–H groups in total. The Hall–Kier alpha value is -3.68. The summed E-state index contributed by atoms with van der Waals surface area (Å²) in [6.45, 7) is 0. The summed E-state index contributed by atoms with van der Waals surface area (Å²) in [6.07, 6.45) is 1.48. The number of benzene rings is 2. The van der Waals surface area contributed by atoms with Crippen molar-refractivity contribution in [3.8, 4) is 23.0 Å². The van der Waals surface area contributed by atoms with Crippen molar-refractivity contribution in [1.29, 1.82) is 0 Å². The lowest BCUT2D eigenvalue weighted by Gasteiger charge is -2.13. The summed E-state index contributed by atoms with van der Waals surface area (Å²) >= 11 is 0. The van der Waals surface area contributed by atoms with E-state index in [1.165, 1.54) is 20.4 Å². The van der Waals surface area contributed by atoms with Gasteiger partial charge in [-0.25, -0.2) is 5.43 Å². The van der Waals surface area contributed by atoms with Crippen LogP contribution in [-0.4, -0.2) is 45.5 Å². The maximum atomic E-state index is 12.4. The minimum atomic E-state index is -0.370. The summed E-state index contributed by atoms with van der Waals surface area (Å²) in [5.41, 5.74) is 4.31. The Balaban J connectivity index is 1.78. The number of carbonyl (C=O) groups excluding carboxylic acids is 1. The van der Waals surface area contributed by atoms with Gasteiger partial charge in [0.05, 0.1) is 34.7 Å². The predicted molar refractivity (Wildman–Crippen MR) is 106 cm³/mol. The normalized spacial score (nSPS) is 10.9.